The van der Waals surface area contributed by atoms with E-state index in [-0.39, 0.29) is 12.5 Å². The highest BCUT2D eigenvalue weighted by atomic mass is 16.5. The van der Waals surface area contributed by atoms with Crippen LogP contribution in [-0.2, 0) is 11.2 Å². The lowest BCUT2D eigenvalue weighted by Crippen LogP contribution is -2.20. The third-order valence-electron chi connectivity index (χ3n) is 3.87. The summed E-state index contributed by atoms with van der Waals surface area (Å²) in [6, 6.07) is 10.5. The van der Waals surface area contributed by atoms with E-state index in [4.69, 9.17) is 9.84 Å². The maximum absolute atomic E-state index is 12.2. The lowest BCUT2D eigenvalue weighted by Gasteiger charge is -2.14. The van der Waals surface area contributed by atoms with Crippen molar-refractivity contribution >= 4 is 23.4 Å². The minimum atomic E-state index is -0.847. The molecule has 3 N–H and O–H groups in total. The molecule has 0 atom stereocenters. The second-order valence-corrected chi connectivity index (χ2v) is 5.76. The molecule has 0 saturated carbocycles. The van der Waals surface area contributed by atoms with Crippen LogP contribution in [0.1, 0.15) is 23.1 Å². The number of carbonyl (C=O) groups excluding carboxylic acids is 1. The number of rotatable bonds is 6. The van der Waals surface area contributed by atoms with Gasteiger partial charge in [-0.15, -0.1) is 0 Å². The number of aryl methyl sites for hydroxylation is 2. The summed E-state index contributed by atoms with van der Waals surface area (Å²) >= 11 is 0. The van der Waals surface area contributed by atoms with Crippen molar-refractivity contribution in [1.82, 2.24) is 0 Å². The van der Waals surface area contributed by atoms with Gasteiger partial charge >= 0.3 is 12.0 Å². The predicted molar refractivity (Wildman–Crippen MR) is 97.5 cm³/mol. The third kappa shape index (κ3) is 4.97. The van der Waals surface area contributed by atoms with E-state index in [0.29, 0.717) is 17.8 Å². The van der Waals surface area contributed by atoms with Gasteiger partial charge in [-0.1, -0.05) is 18.2 Å². The molecule has 0 bridgehead atoms. The van der Waals surface area contributed by atoms with Crippen LogP contribution in [-0.4, -0.2) is 24.2 Å². The molecule has 0 fully saturated rings. The van der Waals surface area contributed by atoms with Crippen molar-refractivity contribution in [3.05, 3.63) is 53.1 Å². The van der Waals surface area contributed by atoms with Gasteiger partial charge in [-0.05, 0) is 49.6 Å². The number of hydrogen-bond donors (Lipinski definition) is 3. The van der Waals surface area contributed by atoms with E-state index in [0.717, 1.165) is 22.4 Å². The topological polar surface area (TPSA) is 87.7 Å². The Bertz CT molecular complexity index is 787. The molecule has 6 heteroatoms. The van der Waals surface area contributed by atoms with Gasteiger partial charge in [0.2, 0.25) is 0 Å². The molecule has 0 radical (unpaired) electrons. The summed E-state index contributed by atoms with van der Waals surface area (Å²) in [6.07, 6.45) is 0.471. The Morgan fingerprint density at radius 1 is 1.12 bits per heavy atom. The van der Waals surface area contributed by atoms with Crippen LogP contribution < -0.4 is 15.4 Å². The Balaban J connectivity index is 2.06. The van der Waals surface area contributed by atoms with E-state index in [1.807, 2.05) is 32.0 Å². The molecule has 25 heavy (non-hydrogen) atoms. The molecule has 0 spiro atoms. The number of carbonyl (C=O) groups is 2. The number of hydrogen-bond acceptors (Lipinski definition) is 3. The van der Waals surface area contributed by atoms with Crippen molar-refractivity contribution in [2.24, 2.45) is 0 Å². The van der Waals surface area contributed by atoms with Gasteiger partial charge in [-0.25, -0.2) is 4.79 Å². The summed E-state index contributed by atoms with van der Waals surface area (Å²) in [4.78, 5) is 22.9. The van der Waals surface area contributed by atoms with Crippen LogP contribution in [0.2, 0.25) is 0 Å². The van der Waals surface area contributed by atoms with E-state index >= 15 is 0 Å². The molecule has 0 heterocycles. The molecule has 2 aromatic rings. The van der Waals surface area contributed by atoms with Crippen molar-refractivity contribution in [1.29, 1.82) is 0 Å². The first-order valence-electron chi connectivity index (χ1n) is 7.93. The molecule has 0 saturated heterocycles. The minimum Gasteiger partial charge on any atom is -0.496 e. The van der Waals surface area contributed by atoms with Crippen molar-refractivity contribution in [2.45, 2.75) is 26.7 Å². The van der Waals surface area contributed by atoms with Gasteiger partial charge in [0, 0.05) is 23.4 Å². The van der Waals surface area contributed by atoms with Gasteiger partial charge in [0.25, 0.3) is 0 Å². The zero-order valence-corrected chi connectivity index (χ0v) is 14.6. The van der Waals surface area contributed by atoms with Crippen LogP contribution in [0.25, 0.3) is 0 Å². The second kappa shape index (κ2) is 8.19. The standard InChI is InChI=1S/C19H22N2O4/c1-12-7-9-16(13(2)18(12)25-3)21-19(24)20-15-6-4-5-14(11-15)8-10-17(22)23/h4-7,9,11H,8,10H2,1-3H3,(H,22,23)(H2,20,21,24). The van der Waals surface area contributed by atoms with Crippen molar-refractivity contribution in [2.75, 3.05) is 17.7 Å². The Labute approximate surface area is 146 Å². The zero-order chi connectivity index (χ0) is 18.4. The maximum atomic E-state index is 12.2. The van der Waals surface area contributed by atoms with Crippen LogP contribution in [0, 0.1) is 13.8 Å². The highest BCUT2D eigenvalue weighted by molar-refractivity contribution is 6.00. The van der Waals surface area contributed by atoms with E-state index in [9.17, 15) is 9.59 Å². The number of urea groups is 1. The molecule has 0 aromatic heterocycles. The minimum absolute atomic E-state index is 0.0536. The largest absolute Gasteiger partial charge is 0.496 e. The maximum Gasteiger partial charge on any atom is 0.323 e. The number of nitrogens with one attached hydrogen (secondary N) is 2. The van der Waals surface area contributed by atoms with Gasteiger partial charge in [0.15, 0.2) is 0 Å². The molecule has 0 aliphatic heterocycles. The molecule has 6 nitrogen and oxygen atoms in total. The highest BCUT2D eigenvalue weighted by Gasteiger charge is 2.11. The van der Waals surface area contributed by atoms with E-state index < -0.39 is 5.97 Å². The first kappa shape index (κ1) is 18.3. The summed E-state index contributed by atoms with van der Waals surface area (Å²) in [7, 11) is 1.60. The second-order valence-electron chi connectivity index (χ2n) is 5.76. The monoisotopic (exact) mass is 342 g/mol. The number of carboxylic acid groups (broad SMARTS) is 1. The molecular weight excluding hydrogens is 320 g/mol. The Kier molecular flexibility index (Phi) is 6.00. The van der Waals surface area contributed by atoms with Crippen molar-refractivity contribution < 1.29 is 19.4 Å². The molecule has 2 amide bonds. The number of benzene rings is 2. The van der Waals surface area contributed by atoms with Crippen LogP contribution in [0.5, 0.6) is 5.75 Å². The SMILES string of the molecule is COc1c(C)ccc(NC(=O)Nc2cccc(CCC(=O)O)c2)c1C. The van der Waals surface area contributed by atoms with Gasteiger partial charge in [0.05, 0.1) is 7.11 Å². The molecule has 2 rings (SSSR count). The Morgan fingerprint density at radius 2 is 1.88 bits per heavy atom. The molecule has 2 aromatic carbocycles. The number of anilines is 2. The van der Waals surface area contributed by atoms with Gasteiger partial charge < -0.3 is 20.5 Å². The summed E-state index contributed by atoms with van der Waals surface area (Å²) in [5.41, 5.74) is 3.98. The van der Waals surface area contributed by atoms with Gasteiger partial charge in [0.1, 0.15) is 5.75 Å². The smallest absolute Gasteiger partial charge is 0.323 e. The number of amides is 2. The molecule has 0 unspecified atom stereocenters. The number of methoxy groups -OCH3 is 1. The van der Waals surface area contributed by atoms with E-state index in [2.05, 4.69) is 10.6 Å². The average Bonchev–Trinajstić information content (AvgIpc) is 2.56. The molecule has 0 aliphatic rings. The van der Waals surface area contributed by atoms with Crippen molar-refractivity contribution in [3.8, 4) is 5.75 Å². The summed E-state index contributed by atoms with van der Waals surface area (Å²) in [5, 5.41) is 14.3. The predicted octanol–water partition coefficient (Wildman–Crippen LogP) is 3.97. The van der Waals surface area contributed by atoms with Crippen LogP contribution >= 0.6 is 0 Å². The fourth-order valence-electron chi connectivity index (χ4n) is 2.62. The molecule has 0 aliphatic carbocycles. The quantitative estimate of drug-likeness (QED) is 0.741. The van der Waals surface area contributed by atoms with Crippen LogP contribution in [0.15, 0.2) is 36.4 Å². The lowest BCUT2D eigenvalue weighted by atomic mass is 10.1. The molecule has 132 valence electrons. The number of carboxylic acids is 1. The fraction of sp³-hybridized carbons (Fsp3) is 0.263. The number of aliphatic carboxylic acids is 1. The summed E-state index contributed by atoms with van der Waals surface area (Å²) in [5.74, 6) is -0.103. The van der Waals surface area contributed by atoms with Crippen LogP contribution in [0.3, 0.4) is 0 Å². The normalized spacial score (nSPS) is 10.2. The van der Waals surface area contributed by atoms with Gasteiger partial charge in [-0.3, -0.25) is 4.79 Å². The molecular formula is C19H22N2O4. The summed E-state index contributed by atoms with van der Waals surface area (Å²) < 4.78 is 5.36. The zero-order valence-electron chi connectivity index (χ0n) is 14.6. The lowest BCUT2D eigenvalue weighted by molar-refractivity contribution is -0.136. The first-order valence-corrected chi connectivity index (χ1v) is 7.93. The first-order chi connectivity index (χ1) is 11.9. The fourth-order valence-corrected chi connectivity index (χ4v) is 2.62. The van der Waals surface area contributed by atoms with Crippen molar-refractivity contribution in [3.63, 3.8) is 0 Å². The highest BCUT2D eigenvalue weighted by Crippen LogP contribution is 2.29. The van der Waals surface area contributed by atoms with Gasteiger partial charge in [-0.2, -0.15) is 0 Å². The Morgan fingerprint density at radius 3 is 2.56 bits per heavy atom. The van der Waals surface area contributed by atoms with E-state index in [1.165, 1.54) is 0 Å². The van der Waals surface area contributed by atoms with Crippen LogP contribution in [0.4, 0.5) is 16.2 Å². The van der Waals surface area contributed by atoms with E-state index in [1.54, 1.807) is 25.3 Å². The average molecular weight is 342 g/mol. The summed E-state index contributed by atoms with van der Waals surface area (Å²) in [6.45, 7) is 3.83. The third-order valence-corrected chi connectivity index (χ3v) is 3.87. The number of ether oxygens (including phenoxy) is 1. The Hall–Kier alpha value is -3.02.